The first-order valence-corrected chi connectivity index (χ1v) is 13.3. The van der Waals surface area contributed by atoms with Crippen molar-refractivity contribution in [3.63, 3.8) is 0 Å². The lowest BCUT2D eigenvalue weighted by molar-refractivity contribution is -0.140. The van der Waals surface area contributed by atoms with Crippen molar-refractivity contribution in [2.45, 2.75) is 33.1 Å². The normalized spacial score (nSPS) is 10.7. The van der Waals surface area contributed by atoms with Crippen LogP contribution in [-0.2, 0) is 14.3 Å². The van der Waals surface area contributed by atoms with E-state index in [2.05, 4.69) is 20.7 Å². The third-order valence-corrected chi connectivity index (χ3v) is 5.83. The first kappa shape index (κ1) is 31.7. The van der Waals surface area contributed by atoms with Gasteiger partial charge in [-0.15, -0.1) is 0 Å². The fraction of sp³-hybridized carbons (Fsp3) is 0.393. The summed E-state index contributed by atoms with van der Waals surface area (Å²) in [6.07, 6.45) is -0.456. The lowest BCUT2D eigenvalue weighted by atomic mass is 10.1. The van der Waals surface area contributed by atoms with Gasteiger partial charge in [0.15, 0.2) is 28.6 Å². The summed E-state index contributed by atoms with van der Waals surface area (Å²) in [5.74, 6) is -0.567. The van der Waals surface area contributed by atoms with Crippen LogP contribution in [0.1, 0.15) is 43.7 Å². The van der Waals surface area contributed by atoms with Gasteiger partial charge in [0.1, 0.15) is 6.61 Å². The highest BCUT2D eigenvalue weighted by Crippen LogP contribution is 2.44. The Morgan fingerprint density at radius 3 is 2.10 bits per heavy atom. The van der Waals surface area contributed by atoms with Gasteiger partial charge in [-0.2, -0.15) is 0 Å². The number of ketones is 1. The highest BCUT2D eigenvalue weighted by Gasteiger charge is 2.24. The first-order chi connectivity index (χ1) is 20.2. The maximum atomic E-state index is 12.7. The molecule has 3 amide bonds. The number of amides is 3. The zero-order chi connectivity index (χ0) is 30.5. The Bertz CT molecular complexity index is 1340. The standard InChI is InChI=1S/C28H34N4O10/c1-17(33)22-16-21-23(41-28(37)32-12-11-30-13-15-38-18(2)34)19-8-4-5-9-20(19)24(25(21)40-22)42-27(36)31-10-6-3-7-14-39-26(29)35/h4-5,8-9,16,30H,3,6-7,10-15H2,1-2H3,(H2,29,35)(H,31,36)(H,32,37). The lowest BCUT2D eigenvalue weighted by Gasteiger charge is -2.14. The van der Waals surface area contributed by atoms with Crippen LogP contribution in [0.25, 0.3) is 21.7 Å². The summed E-state index contributed by atoms with van der Waals surface area (Å²) in [5.41, 5.74) is 4.98. The predicted molar refractivity (Wildman–Crippen MR) is 151 cm³/mol. The summed E-state index contributed by atoms with van der Waals surface area (Å²) in [6.45, 7) is 4.39. The number of hydrogen-bond acceptors (Lipinski definition) is 11. The molecule has 1 heterocycles. The number of carbonyl (C=O) groups is 5. The maximum absolute atomic E-state index is 12.7. The molecule has 0 bridgehead atoms. The van der Waals surface area contributed by atoms with Gasteiger partial charge in [0, 0.05) is 50.8 Å². The number of hydrogen-bond donors (Lipinski definition) is 4. The summed E-state index contributed by atoms with van der Waals surface area (Å²) >= 11 is 0. The van der Waals surface area contributed by atoms with E-state index < -0.39 is 18.3 Å². The highest BCUT2D eigenvalue weighted by molar-refractivity contribution is 6.12. The Kier molecular flexibility index (Phi) is 11.9. The van der Waals surface area contributed by atoms with Crippen LogP contribution in [-0.4, -0.2) is 69.4 Å². The topological polar surface area (TPSA) is 198 Å². The largest absolute Gasteiger partial charge is 0.465 e. The second-order valence-corrected chi connectivity index (χ2v) is 9.06. The first-order valence-electron chi connectivity index (χ1n) is 13.3. The predicted octanol–water partition coefficient (Wildman–Crippen LogP) is 3.38. The van der Waals surface area contributed by atoms with E-state index in [1.807, 2.05) is 0 Å². The van der Waals surface area contributed by atoms with Crippen molar-refractivity contribution in [2.75, 3.05) is 39.4 Å². The molecule has 5 N–H and O–H groups in total. The molecule has 0 unspecified atom stereocenters. The van der Waals surface area contributed by atoms with E-state index >= 15 is 0 Å². The molecule has 14 heteroatoms. The minimum absolute atomic E-state index is 0.00835. The van der Waals surface area contributed by atoms with Crippen LogP contribution >= 0.6 is 0 Å². The van der Waals surface area contributed by atoms with Gasteiger partial charge in [-0.1, -0.05) is 24.3 Å². The van der Waals surface area contributed by atoms with E-state index in [0.717, 1.165) is 0 Å². The number of nitrogens with one attached hydrogen (secondary N) is 3. The van der Waals surface area contributed by atoms with Crippen LogP contribution in [0.2, 0.25) is 0 Å². The average molecular weight is 587 g/mol. The van der Waals surface area contributed by atoms with E-state index in [-0.39, 0.29) is 59.7 Å². The van der Waals surface area contributed by atoms with Crippen molar-refractivity contribution in [1.29, 1.82) is 0 Å². The fourth-order valence-electron chi connectivity index (χ4n) is 3.93. The number of carbonyl (C=O) groups excluding carboxylic acids is 5. The SMILES string of the molecule is CC(=O)OCCNCCNC(=O)Oc1c2ccccc2c(OC(=O)NCCCCCOC(N)=O)c2oc(C(C)=O)cc12. The molecule has 0 aliphatic heterocycles. The van der Waals surface area contributed by atoms with Gasteiger partial charge in [-0.25, -0.2) is 14.4 Å². The van der Waals surface area contributed by atoms with Crippen LogP contribution in [0.3, 0.4) is 0 Å². The number of nitrogens with two attached hydrogens (primary N) is 1. The molecule has 3 aromatic rings. The number of primary amides is 1. The minimum Gasteiger partial charge on any atom is -0.465 e. The van der Waals surface area contributed by atoms with E-state index in [1.54, 1.807) is 24.3 Å². The van der Waals surface area contributed by atoms with Crippen molar-refractivity contribution in [3.05, 3.63) is 36.1 Å². The van der Waals surface area contributed by atoms with Crippen LogP contribution in [0.4, 0.5) is 14.4 Å². The third-order valence-electron chi connectivity index (χ3n) is 5.83. The van der Waals surface area contributed by atoms with Crippen molar-refractivity contribution in [1.82, 2.24) is 16.0 Å². The Labute approximate surface area is 241 Å². The number of benzene rings is 2. The van der Waals surface area contributed by atoms with E-state index in [0.29, 0.717) is 49.7 Å². The van der Waals surface area contributed by atoms with Gasteiger partial charge >= 0.3 is 24.2 Å². The molecule has 0 aliphatic rings. The van der Waals surface area contributed by atoms with Gasteiger partial charge in [0.2, 0.25) is 0 Å². The van der Waals surface area contributed by atoms with Crippen LogP contribution in [0, 0.1) is 0 Å². The van der Waals surface area contributed by atoms with E-state index in [1.165, 1.54) is 19.9 Å². The Morgan fingerprint density at radius 1 is 0.762 bits per heavy atom. The smallest absolute Gasteiger partial charge is 0.412 e. The Balaban J connectivity index is 1.73. The van der Waals surface area contributed by atoms with Crippen LogP contribution < -0.4 is 31.2 Å². The molecule has 0 aliphatic carbocycles. The molecule has 14 nitrogen and oxygen atoms in total. The van der Waals surface area contributed by atoms with Gasteiger partial charge in [-0.05, 0) is 25.3 Å². The number of rotatable bonds is 15. The molecule has 1 aromatic heterocycles. The van der Waals surface area contributed by atoms with Crippen molar-refractivity contribution < 1.29 is 47.3 Å². The summed E-state index contributed by atoms with van der Waals surface area (Å²) in [5, 5.41) is 9.44. The number of fused-ring (bicyclic) bond motifs is 2. The third kappa shape index (κ3) is 9.37. The summed E-state index contributed by atoms with van der Waals surface area (Å²) in [4.78, 5) is 58.9. The molecule has 3 rings (SSSR count). The van der Waals surface area contributed by atoms with Gasteiger partial charge in [-0.3, -0.25) is 9.59 Å². The summed E-state index contributed by atoms with van der Waals surface area (Å²) < 4.78 is 26.6. The zero-order valence-corrected chi connectivity index (χ0v) is 23.4. The summed E-state index contributed by atoms with van der Waals surface area (Å²) in [7, 11) is 0. The second kappa shape index (κ2) is 15.8. The average Bonchev–Trinajstić information content (AvgIpc) is 3.39. The van der Waals surface area contributed by atoms with Gasteiger partial charge < -0.3 is 45.0 Å². The van der Waals surface area contributed by atoms with Crippen molar-refractivity contribution >= 4 is 51.8 Å². The second-order valence-electron chi connectivity index (χ2n) is 9.06. The summed E-state index contributed by atoms with van der Waals surface area (Å²) in [6, 6.07) is 8.23. The molecule has 0 fully saturated rings. The monoisotopic (exact) mass is 586 g/mol. The molecule has 226 valence electrons. The van der Waals surface area contributed by atoms with Crippen LogP contribution in [0.15, 0.2) is 34.7 Å². The number of Topliss-reactive ketones (excluding diaryl/α,β-unsaturated/α-hetero) is 1. The molecule has 0 spiro atoms. The lowest BCUT2D eigenvalue weighted by Crippen LogP contribution is -2.34. The highest BCUT2D eigenvalue weighted by atomic mass is 16.6. The molecular weight excluding hydrogens is 552 g/mol. The molecule has 2 aromatic carbocycles. The fourth-order valence-corrected chi connectivity index (χ4v) is 3.93. The molecule has 0 radical (unpaired) electrons. The van der Waals surface area contributed by atoms with E-state index in [9.17, 15) is 24.0 Å². The van der Waals surface area contributed by atoms with Crippen LogP contribution in [0.5, 0.6) is 11.5 Å². The molecule has 0 saturated heterocycles. The van der Waals surface area contributed by atoms with Crippen molar-refractivity contribution in [2.24, 2.45) is 5.73 Å². The number of unbranched alkanes of at least 4 members (excludes halogenated alkanes) is 2. The van der Waals surface area contributed by atoms with E-state index in [4.69, 9.17) is 24.4 Å². The minimum atomic E-state index is -0.833. The van der Waals surface area contributed by atoms with Gasteiger partial charge in [0.05, 0.1) is 12.0 Å². The number of esters is 1. The molecule has 0 atom stereocenters. The Hall–Kier alpha value is -4.85. The van der Waals surface area contributed by atoms with Crippen molar-refractivity contribution in [3.8, 4) is 11.5 Å². The molecular formula is C28H34N4O10. The molecule has 42 heavy (non-hydrogen) atoms. The quantitative estimate of drug-likeness (QED) is 0.116. The maximum Gasteiger partial charge on any atom is 0.412 e. The zero-order valence-electron chi connectivity index (χ0n) is 23.4. The Morgan fingerprint density at radius 2 is 1.43 bits per heavy atom. The molecule has 0 saturated carbocycles. The van der Waals surface area contributed by atoms with Gasteiger partial charge in [0.25, 0.3) is 0 Å². The number of furan rings is 1. The number of ether oxygens (including phenoxy) is 4.